The standard InChI is InChI=1S/C23H26ClN3O3/c1-25-13-5-4-6-18(15-22(28)29)27-23(30)20-8-3-2-7-19(20)21(26-27)14-16-9-11-17(24)12-10-16/h2-3,7-12,18,25H,4-6,13-15H2,1H3,(H,28,29). The number of carboxylic acid groups (broad SMARTS) is 1. The highest BCUT2D eigenvalue weighted by molar-refractivity contribution is 6.30. The van der Waals surface area contributed by atoms with E-state index in [1.54, 1.807) is 6.07 Å². The van der Waals surface area contributed by atoms with Crippen molar-refractivity contribution >= 4 is 28.3 Å². The fourth-order valence-electron chi connectivity index (χ4n) is 3.64. The lowest BCUT2D eigenvalue weighted by atomic mass is 10.0. The highest BCUT2D eigenvalue weighted by Crippen LogP contribution is 2.22. The summed E-state index contributed by atoms with van der Waals surface area (Å²) in [5, 5.41) is 19.2. The van der Waals surface area contributed by atoms with Gasteiger partial charge < -0.3 is 10.4 Å². The van der Waals surface area contributed by atoms with E-state index < -0.39 is 12.0 Å². The van der Waals surface area contributed by atoms with Crippen molar-refractivity contribution in [3.8, 4) is 0 Å². The van der Waals surface area contributed by atoms with E-state index in [2.05, 4.69) is 10.4 Å². The van der Waals surface area contributed by atoms with E-state index in [1.807, 2.05) is 49.5 Å². The Labute approximate surface area is 180 Å². The van der Waals surface area contributed by atoms with Gasteiger partial charge in [0.25, 0.3) is 5.56 Å². The summed E-state index contributed by atoms with van der Waals surface area (Å²) in [4.78, 5) is 24.7. The van der Waals surface area contributed by atoms with E-state index in [1.165, 1.54) is 4.68 Å². The number of halogens is 1. The van der Waals surface area contributed by atoms with Gasteiger partial charge in [0.1, 0.15) is 0 Å². The third-order valence-electron chi connectivity index (χ3n) is 5.16. The second-order valence-corrected chi connectivity index (χ2v) is 7.83. The maximum atomic E-state index is 13.2. The van der Waals surface area contributed by atoms with Gasteiger partial charge in [-0.3, -0.25) is 9.59 Å². The summed E-state index contributed by atoms with van der Waals surface area (Å²) in [5.41, 5.74) is 1.52. The second-order valence-electron chi connectivity index (χ2n) is 7.40. The fourth-order valence-corrected chi connectivity index (χ4v) is 3.77. The van der Waals surface area contributed by atoms with Crippen molar-refractivity contribution in [1.82, 2.24) is 15.1 Å². The third kappa shape index (κ3) is 5.46. The highest BCUT2D eigenvalue weighted by atomic mass is 35.5. The van der Waals surface area contributed by atoms with E-state index in [0.717, 1.165) is 36.0 Å². The smallest absolute Gasteiger partial charge is 0.305 e. The van der Waals surface area contributed by atoms with E-state index in [9.17, 15) is 14.7 Å². The normalized spacial score (nSPS) is 12.2. The number of aromatic nitrogens is 2. The summed E-state index contributed by atoms with van der Waals surface area (Å²) < 4.78 is 1.39. The molecule has 0 saturated heterocycles. The van der Waals surface area contributed by atoms with Crippen LogP contribution in [0.5, 0.6) is 0 Å². The number of hydrogen-bond donors (Lipinski definition) is 2. The van der Waals surface area contributed by atoms with Gasteiger partial charge in [0.05, 0.1) is 23.5 Å². The van der Waals surface area contributed by atoms with Crippen molar-refractivity contribution in [1.29, 1.82) is 0 Å². The maximum absolute atomic E-state index is 13.2. The van der Waals surface area contributed by atoms with Gasteiger partial charge in [-0.1, -0.05) is 48.4 Å². The van der Waals surface area contributed by atoms with Crippen LogP contribution in [0.25, 0.3) is 10.8 Å². The quantitative estimate of drug-likeness (QED) is 0.477. The van der Waals surface area contributed by atoms with Crippen LogP contribution in [0.4, 0.5) is 0 Å². The number of aliphatic carboxylic acids is 1. The zero-order valence-corrected chi connectivity index (χ0v) is 17.7. The minimum atomic E-state index is -0.935. The van der Waals surface area contributed by atoms with Gasteiger partial charge in [-0.15, -0.1) is 0 Å². The second kappa shape index (κ2) is 10.4. The maximum Gasteiger partial charge on any atom is 0.305 e. The van der Waals surface area contributed by atoms with E-state index >= 15 is 0 Å². The molecule has 0 amide bonds. The van der Waals surface area contributed by atoms with Crippen molar-refractivity contribution < 1.29 is 9.90 Å². The van der Waals surface area contributed by atoms with Crippen LogP contribution in [0.15, 0.2) is 53.3 Å². The molecule has 158 valence electrons. The Kier molecular flexibility index (Phi) is 7.60. The molecule has 0 aliphatic heterocycles. The minimum Gasteiger partial charge on any atom is -0.481 e. The number of carbonyl (C=O) groups is 1. The van der Waals surface area contributed by atoms with Crippen molar-refractivity contribution in [2.45, 2.75) is 38.1 Å². The molecule has 1 heterocycles. The predicted octanol–water partition coefficient (Wildman–Crippen LogP) is 4.05. The summed E-state index contributed by atoms with van der Waals surface area (Å²) >= 11 is 6.00. The van der Waals surface area contributed by atoms with Crippen LogP contribution in [0.3, 0.4) is 0 Å². The molecule has 0 radical (unpaired) electrons. The molecule has 1 aromatic heterocycles. The van der Waals surface area contributed by atoms with E-state index in [0.29, 0.717) is 23.3 Å². The van der Waals surface area contributed by atoms with Crippen LogP contribution in [0.2, 0.25) is 5.02 Å². The Morgan fingerprint density at radius 3 is 2.50 bits per heavy atom. The van der Waals surface area contributed by atoms with Crippen molar-refractivity contribution in [2.75, 3.05) is 13.6 Å². The van der Waals surface area contributed by atoms with E-state index in [4.69, 9.17) is 11.6 Å². The molecular formula is C23H26ClN3O3. The lowest BCUT2D eigenvalue weighted by Gasteiger charge is -2.19. The van der Waals surface area contributed by atoms with E-state index in [-0.39, 0.29) is 12.0 Å². The number of nitrogens with one attached hydrogen (secondary N) is 1. The Hall–Kier alpha value is -2.70. The molecule has 1 atom stereocenters. The van der Waals surface area contributed by atoms with Crippen molar-refractivity contribution in [3.05, 3.63) is 75.2 Å². The molecule has 3 aromatic rings. The summed E-state index contributed by atoms with van der Waals surface area (Å²) in [6.07, 6.45) is 2.70. The van der Waals surface area contributed by atoms with Gasteiger partial charge in [-0.25, -0.2) is 4.68 Å². The highest BCUT2D eigenvalue weighted by Gasteiger charge is 2.20. The summed E-state index contributed by atoms with van der Waals surface area (Å²) in [6, 6.07) is 14.4. The van der Waals surface area contributed by atoms with Gasteiger partial charge in [0, 0.05) is 16.8 Å². The summed E-state index contributed by atoms with van der Waals surface area (Å²) in [6.45, 7) is 0.849. The Morgan fingerprint density at radius 1 is 1.13 bits per heavy atom. The van der Waals surface area contributed by atoms with Gasteiger partial charge in [0.15, 0.2) is 0 Å². The van der Waals surface area contributed by atoms with Crippen LogP contribution in [0, 0.1) is 0 Å². The van der Waals surface area contributed by atoms with Crippen LogP contribution in [0.1, 0.15) is 43.0 Å². The average Bonchev–Trinajstić information content (AvgIpc) is 2.74. The van der Waals surface area contributed by atoms with Crippen LogP contribution < -0.4 is 10.9 Å². The molecule has 2 N–H and O–H groups in total. The molecule has 0 fully saturated rings. The number of rotatable bonds is 10. The Morgan fingerprint density at radius 2 is 1.83 bits per heavy atom. The zero-order chi connectivity index (χ0) is 21.5. The van der Waals surface area contributed by atoms with Crippen LogP contribution >= 0.6 is 11.6 Å². The SMILES string of the molecule is CNCCCCC(CC(=O)O)n1nc(Cc2ccc(Cl)cc2)c2ccccc2c1=O. The molecule has 0 bridgehead atoms. The first-order valence-corrected chi connectivity index (χ1v) is 10.5. The zero-order valence-electron chi connectivity index (χ0n) is 17.0. The Balaban J connectivity index is 2.03. The molecule has 6 nitrogen and oxygen atoms in total. The number of unbranched alkanes of at least 4 members (excludes halogenated alkanes) is 1. The number of carboxylic acids is 1. The van der Waals surface area contributed by atoms with Gasteiger partial charge in [-0.2, -0.15) is 5.10 Å². The van der Waals surface area contributed by atoms with Crippen LogP contribution in [-0.4, -0.2) is 34.4 Å². The van der Waals surface area contributed by atoms with Crippen molar-refractivity contribution in [2.24, 2.45) is 0 Å². The Bertz CT molecular complexity index is 1060. The number of nitrogens with zero attached hydrogens (tertiary/aromatic N) is 2. The molecule has 0 spiro atoms. The average molecular weight is 428 g/mol. The summed E-state index contributed by atoms with van der Waals surface area (Å²) in [7, 11) is 1.88. The van der Waals surface area contributed by atoms with Gasteiger partial charge >= 0.3 is 5.97 Å². The molecule has 0 saturated carbocycles. The van der Waals surface area contributed by atoms with Gasteiger partial charge in [0.2, 0.25) is 0 Å². The first-order chi connectivity index (χ1) is 14.5. The van der Waals surface area contributed by atoms with Crippen LogP contribution in [-0.2, 0) is 11.2 Å². The molecular weight excluding hydrogens is 402 g/mol. The molecule has 0 aliphatic rings. The lowest BCUT2D eigenvalue weighted by molar-refractivity contribution is -0.138. The molecule has 30 heavy (non-hydrogen) atoms. The lowest BCUT2D eigenvalue weighted by Crippen LogP contribution is -2.30. The first-order valence-electron chi connectivity index (χ1n) is 10.1. The molecule has 7 heteroatoms. The number of fused-ring (bicyclic) bond motifs is 1. The fraction of sp³-hybridized carbons (Fsp3) is 0.348. The molecule has 1 unspecified atom stereocenters. The topological polar surface area (TPSA) is 84.2 Å². The number of hydrogen-bond acceptors (Lipinski definition) is 4. The minimum absolute atomic E-state index is 0.134. The molecule has 2 aromatic carbocycles. The molecule has 3 rings (SSSR count). The largest absolute Gasteiger partial charge is 0.481 e. The summed E-state index contributed by atoms with van der Waals surface area (Å²) in [5.74, 6) is -0.935. The first kappa shape index (κ1) is 22.0. The third-order valence-corrected chi connectivity index (χ3v) is 5.41. The van der Waals surface area contributed by atoms with Crippen molar-refractivity contribution in [3.63, 3.8) is 0 Å². The monoisotopic (exact) mass is 427 g/mol. The molecule has 0 aliphatic carbocycles. The number of benzene rings is 2. The predicted molar refractivity (Wildman–Crippen MR) is 119 cm³/mol. The van der Waals surface area contributed by atoms with Gasteiger partial charge in [-0.05, 0) is 50.2 Å².